The molecule has 1 aromatic heterocycles. The molecule has 10 heavy (non-hydrogen) atoms. The third-order valence-electron chi connectivity index (χ3n) is 0.956. The van der Waals surface area contributed by atoms with E-state index >= 15 is 0 Å². The first kappa shape index (κ1) is 6.67. The maximum atomic E-state index is 10.7. The lowest BCUT2D eigenvalue weighted by Crippen LogP contribution is -2.16. The number of rotatable bonds is 1. The summed E-state index contributed by atoms with van der Waals surface area (Å²) < 4.78 is 0. The van der Waals surface area contributed by atoms with Crippen molar-refractivity contribution in [3.05, 3.63) is 31.3 Å². The van der Waals surface area contributed by atoms with Crippen molar-refractivity contribution < 1.29 is 4.79 Å². The molecule has 0 spiro atoms. The van der Waals surface area contributed by atoms with Crippen LogP contribution in [0.15, 0.2) is 18.6 Å². The Kier molecular flexibility index (Phi) is 1.94. The zero-order valence-electron chi connectivity index (χ0n) is 5.24. The standard InChI is InChI=1S/C6H6N3O/c1-7-6(10)5-4-8-2-3-9-5/h2-4H,1H2,(H,7,10). The molecule has 0 aliphatic carbocycles. The van der Waals surface area contributed by atoms with Crippen LogP contribution in [0.1, 0.15) is 10.5 Å². The summed E-state index contributed by atoms with van der Waals surface area (Å²) in [7, 11) is 3.19. The molecule has 1 amide bonds. The summed E-state index contributed by atoms with van der Waals surface area (Å²) in [5.41, 5.74) is 0.275. The number of nitrogens with zero attached hydrogens (tertiary/aromatic N) is 2. The van der Waals surface area contributed by atoms with Gasteiger partial charge in [-0.2, -0.15) is 0 Å². The van der Waals surface area contributed by atoms with Gasteiger partial charge in [-0.3, -0.25) is 9.78 Å². The zero-order valence-corrected chi connectivity index (χ0v) is 5.24. The number of nitrogens with one attached hydrogen (secondary N) is 1. The van der Waals surface area contributed by atoms with E-state index in [1.165, 1.54) is 18.6 Å². The normalized spacial score (nSPS) is 8.90. The third kappa shape index (κ3) is 1.28. The number of hydrogen-bond acceptors (Lipinski definition) is 3. The number of amides is 1. The molecule has 0 aliphatic heterocycles. The van der Waals surface area contributed by atoms with Crippen LogP contribution >= 0.6 is 0 Å². The molecule has 0 aliphatic rings. The SMILES string of the molecule is [CH2]NC(=O)c1cnccn1. The molecule has 1 N–H and O–H groups in total. The second-order valence-corrected chi connectivity index (χ2v) is 1.60. The minimum Gasteiger partial charge on any atom is -0.349 e. The van der Waals surface area contributed by atoms with Crippen LogP contribution in [0.4, 0.5) is 0 Å². The van der Waals surface area contributed by atoms with Crippen LogP contribution in [0, 0.1) is 7.05 Å². The van der Waals surface area contributed by atoms with Crippen LogP contribution in [0.25, 0.3) is 0 Å². The van der Waals surface area contributed by atoms with E-state index in [2.05, 4.69) is 22.3 Å². The van der Waals surface area contributed by atoms with Gasteiger partial charge in [0.05, 0.1) is 6.20 Å². The van der Waals surface area contributed by atoms with E-state index < -0.39 is 0 Å². The van der Waals surface area contributed by atoms with Crippen LogP contribution in [0.5, 0.6) is 0 Å². The van der Waals surface area contributed by atoms with Crippen molar-refractivity contribution in [3.8, 4) is 0 Å². The van der Waals surface area contributed by atoms with Crippen molar-refractivity contribution in [2.75, 3.05) is 0 Å². The maximum absolute atomic E-state index is 10.7. The molecule has 0 fully saturated rings. The van der Waals surface area contributed by atoms with Crippen molar-refractivity contribution in [1.82, 2.24) is 15.3 Å². The highest BCUT2D eigenvalue weighted by molar-refractivity contribution is 5.91. The second-order valence-electron chi connectivity index (χ2n) is 1.60. The molecule has 0 unspecified atom stereocenters. The van der Waals surface area contributed by atoms with E-state index in [4.69, 9.17) is 0 Å². The van der Waals surface area contributed by atoms with E-state index in [0.717, 1.165) is 0 Å². The Balaban J connectivity index is 2.85. The van der Waals surface area contributed by atoms with Gasteiger partial charge in [-0.25, -0.2) is 4.98 Å². The van der Waals surface area contributed by atoms with Gasteiger partial charge in [0.1, 0.15) is 5.69 Å². The Bertz CT molecular complexity index is 222. The highest BCUT2D eigenvalue weighted by Crippen LogP contribution is 1.87. The second kappa shape index (κ2) is 2.91. The quantitative estimate of drug-likeness (QED) is 0.591. The molecular weight excluding hydrogens is 130 g/mol. The van der Waals surface area contributed by atoms with Crippen molar-refractivity contribution in [2.24, 2.45) is 0 Å². The van der Waals surface area contributed by atoms with Crippen molar-refractivity contribution in [1.29, 1.82) is 0 Å². The molecular formula is C6H6N3O. The highest BCUT2D eigenvalue weighted by Gasteiger charge is 2.01. The number of carbonyl (C=O) groups is 1. The van der Waals surface area contributed by atoms with Gasteiger partial charge in [-0.1, -0.05) is 0 Å². The van der Waals surface area contributed by atoms with Gasteiger partial charge in [0.25, 0.3) is 5.91 Å². The molecule has 0 saturated carbocycles. The molecule has 51 valence electrons. The lowest BCUT2D eigenvalue weighted by molar-refractivity contribution is 0.0963. The molecule has 0 bridgehead atoms. The number of hydrogen-bond donors (Lipinski definition) is 1. The largest absolute Gasteiger partial charge is 0.349 e. The van der Waals surface area contributed by atoms with Crippen molar-refractivity contribution in [2.45, 2.75) is 0 Å². The van der Waals surface area contributed by atoms with E-state index in [0.29, 0.717) is 0 Å². The topological polar surface area (TPSA) is 54.9 Å². The first-order chi connectivity index (χ1) is 4.84. The van der Waals surface area contributed by atoms with E-state index in [9.17, 15) is 4.79 Å². The fraction of sp³-hybridized carbons (Fsp3) is 0. The lowest BCUT2D eigenvalue weighted by atomic mass is 10.4. The van der Waals surface area contributed by atoms with E-state index in [1.807, 2.05) is 0 Å². The van der Waals surface area contributed by atoms with E-state index in [-0.39, 0.29) is 11.6 Å². The van der Waals surface area contributed by atoms with Gasteiger partial charge < -0.3 is 5.32 Å². The Labute approximate surface area is 58.3 Å². The molecule has 4 nitrogen and oxygen atoms in total. The summed E-state index contributed by atoms with van der Waals surface area (Å²) >= 11 is 0. The van der Waals surface area contributed by atoms with Gasteiger partial charge in [0.2, 0.25) is 0 Å². The van der Waals surface area contributed by atoms with E-state index in [1.54, 1.807) is 0 Å². The number of carbonyl (C=O) groups excluding carboxylic acids is 1. The molecule has 0 saturated heterocycles. The first-order valence-electron chi connectivity index (χ1n) is 2.68. The smallest absolute Gasteiger partial charge is 0.271 e. The van der Waals surface area contributed by atoms with Crippen LogP contribution in [0.2, 0.25) is 0 Å². The minimum atomic E-state index is -0.326. The van der Waals surface area contributed by atoms with Gasteiger partial charge in [-0.15, -0.1) is 0 Å². The van der Waals surface area contributed by atoms with Crippen LogP contribution < -0.4 is 5.32 Å². The summed E-state index contributed by atoms with van der Waals surface area (Å²) in [6.07, 6.45) is 4.32. The summed E-state index contributed by atoms with van der Waals surface area (Å²) in [5, 5.41) is 2.19. The Hall–Kier alpha value is -1.45. The Morgan fingerprint density at radius 3 is 2.90 bits per heavy atom. The summed E-state index contributed by atoms with van der Waals surface area (Å²) in [5.74, 6) is -0.326. The molecule has 0 atom stereocenters. The monoisotopic (exact) mass is 136 g/mol. The average molecular weight is 136 g/mol. The number of aromatic nitrogens is 2. The fourth-order valence-electron chi connectivity index (χ4n) is 0.507. The Morgan fingerprint density at radius 2 is 2.40 bits per heavy atom. The summed E-state index contributed by atoms with van der Waals surface area (Å²) in [4.78, 5) is 18.2. The molecule has 1 radical (unpaired) electrons. The molecule has 0 aromatic carbocycles. The predicted octanol–water partition coefficient (Wildman–Crippen LogP) is -0.00201. The van der Waals surface area contributed by atoms with Gasteiger partial charge in [0, 0.05) is 19.4 Å². The zero-order chi connectivity index (χ0) is 7.40. The highest BCUT2D eigenvalue weighted by atomic mass is 16.1. The van der Waals surface area contributed by atoms with Crippen molar-refractivity contribution >= 4 is 5.91 Å². The van der Waals surface area contributed by atoms with Crippen molar-refractivity contribution in [3.63, 3.8) is 0 Å². The van der Waals surface area contributed by atoms with Gasteiger partial charge >= 0.3 is 0 Å². The average Bonchev–Trinajstić information content (AvgIpc) is 2.05. The predicted molar refractivity (Wildman–Crippen MR) is 34.9 cm³/mol. The fourth-order valence-corrected chi connectivity index (χ4v) is 0.507. The lowest BCUT2D eigenvalue weighted by Gasteiger charge is -1.94. The molecule has 1 rings (SSSR count). The molecule has 1 heterocycles. The first-order valence-corrected chi connectivity index (χ1v) is 2.68. The van der Waals surface area contributed by atoms with Crippen LogP contribution in [-0.2, 0) is 0 Å². The third-order valence-corrected chi connectivity index (χ3v) is 0.956. The van der Waals surface area contributed by atoms with Gasteiger partial charge in [0.15, 0.2) is 0 Å². The maximum Gasteiger partial charge on any atom is 0.271 e. The molecule has 1 aromatic rings. The van der Waals surface area contributed by atoms with Gasteiger partial charge in [-0.05, 0) is 0 Å². The summed E-state index contributed by atoms with van der Waals surface area (Å²) in [6.45, 7) is 0. The Morgan fingerprint density at radius 1 is 1.60 bits per heavy atom. The summed E-state index contributed by atoms with van der Waals surface area (Å²) in [6, 6.07) is 0. The molecule has 4 heteroatoms. The minimum absolute atomic E-state index is 0.275. The van der Waals surface area contributed by atoms with Crippen LogP contribution in [0.3, 0.4) is 0 Å². The van der Waals surface area contributed by atoms with Crippen LogP contribution in [-0.4, -0.2) is 15.9 Å².